The van der Waals surface area contributed by atoms with Crippen LogP contribution in [0.25, 0.3) is 0 Å². The summed E-state index contributed by atoms with van der Waals surface area (Å²) < 4.78 is 0. The number of hydrogen-bond acceptors (Lipinski definition) is 6. The van der Waals surface area contributed by atoms with Gasteiger partial charge in [-0.1, -0.05) is 110 Å². The minimum Gasteiger partial charge on any atom is -0.352 e. The van der Waals surface area contributed by atoms with Gasteiger partial charge in [0.05, 0.1) is 16.3 Å². The first-order valence-corrected chi connectivity index (χ1v) is 15.1. The monoisotopic (exact) mass is 587 g/mol. The van der Waals surface area contributed by atoms with E-state index in [1.54, 1.807) is 11.5 Å². The third-order valence-electron chi connectivity index (χ3n) is 4.95. The summed E-state index contributed by atoms with van der Waals surface area (Å²) in [5, 5.41) is 11.9. The van der Waals surface area contributed by atoms with Gasteiger partial charge in [0.25, 0.3) is 5.91 Å². The second-order valence-electron chi connectivity index (χ2n) is 7.35. The minimum absolute atomic E-state index is 0.245. The van der Waals surface area contributed by atoms with E-state index in [-0.39, 0.29) is 11.8 Å². The Balaban J connectivity index is 0. The number of carbonyl (C=O) groups is 2. The summed E-state index contributed by atoms with van der Waals surface area (Å²) in [6, 6.07) is 17.1. The molecule has 0 aliphatic rings. The molecule has 228 valence electrons. The standard InChI is InChI=1S/C24H26ClN5O3.4C2H6/c25-20-12-7-8-13-21(20)30(19-10-4-3-5-11-19)24-27-16-18(17-28-24)23(32)26-15-9-2-1-6-14-22(31)29-33;4*1-2/h3-5,7-8,10-13,16-17,33H,1-2,6,9,14-15H2,(H,26,32)(H,29,31);4*1-2H3. The number of aromatic nitrogens is 2. The number of carbonyl (C=O) groups excluding carboxylic acids is 2. The number of para-hydroxylation sites is 2. The largest absolute Gasteiger partial charge is 0.352 e. The summed E-state index contributed by atoms with van der Waals surface area (Å²) in [4.78, 5) is 34.1. The molecule has 0 bridgehead atoms. The molecular formula is C32H50ClN5O3. The van der Waals surface area contributed by atoms with Crippen molar-refractivity contribution in [3.8, 4) is 0 Å². The molecule has 0 atom stereocenters. The van der Waals surface area contributed by atoms with Crippen molar-refractivity contribution in [2.45, 2.75) is 87.5 Å². The van der Waals surface area contributed by atoms with Crippen LogP contribution in [0.1, 0.15) is 97.9 Å². The van der Waals surface area contributed by atoms with Crippen molar-refractivity contribution in [3.05, 3.63) is 77.6 Å². The normalized spacial score (nSPS) is 9.02. The van der Waals surface area contributed by atoms with Crippen LogP contribution in [-0.4, -0.2) is 33.5 Å². The molecule has 0 aliphatic carbocycles. The van der Waals surface area contributed by atoms with E-state index in [9.17, 15) is 9.59 Å². The number of rotatable bonds is 11. The van der Waals surface area contributed by atoms with Gasteiger partial charge in [-0.25, -0.2) is 15.4 Å². The summed E-state index contributed by atoms with van der Waals surface area (Å²) in [6.45, 7) is 16.5. The van der Waals surface area contributed by atoms with E-state index in [2.05, 4.69) is 15.3 Å². The Morgan fingerprint density at radius 1 is 0.780 bits per heavy atom. The second-order valence-corrected chi connectivity index (χ2v) is 7.76. The third kappa shape index (κ3) is 15.2. The van der Waals surface area contributed by atoms with Gasteiger partial charge in [0.1, 0.15) is 0 Å². The molecule has 3 aromatic rings. The number of unbranched alkanes of at least 4 members (excludes halogenated alkanes) is 3. The quantitative estimate of drug-likeness (QED) is 0.117. The zero-order valence-corrected chi connectivity index (χ0v) is 26.8. The van der Waals surface area contributed by atoms with Crippen LogP contribution in [-0.2, 0) is 4.79 Å². The molecule has 2 amide bonds. The number of benzene rings is 2. The molecule has 0 fully saturated rings. The lowest BCUT2D eigenvalue weighted by atomic mass is 10.1. The second kappa shape index (κ2) is 26.7. The van der Waals surface area contributed by atoms with E-state index in [1.165, 1.54) is 12.4 Å². The molecule has 0 aliphatic heterocycles. The first kappa shape index (κ1) is 39.7. The molecular weight excluding hydrogens is 538 g/mol. The Bertz CT molecular complexity index is 1050. The maximum atomic E-state index is 12.4. The van der Waals surface area contributed by atoms with Gasteiger partial charge >= 0.3 is 0 Å². The summed E-state index contributed by atoms with van der Waals surface area (Å²) in [7, 11) is 0. The third-order valence-corrected chi connectivity index (χ3v) is 5.27. The number of hydrogen-bond donors (Lipinski definition) is 3. The van der Waals surface area contributed by atoms with E-state index in [1.807, 2.05) is 109 Å². The molecule has 1 aromatic heterocycles. The SMILES string of the molecule is CC.CC.CC.CC.O=C(CCCCCCNC(=O)c1cnc(N(c2ccccc2)c2ccccc2Cl)nc1)NO. The van der Waals surface area contributed by atoms with Gasteiger partial charge in [0.15, 0.2) is 0 Å². The van der Waals surface area contributed by atoms with E-state index >= 15 is 0 Å². The Hall–Kier alpha value is -3.49. The molecule has 0 saturated heterocycles. The molecule has 3 rings (SSSR count). The summed E-state index contributed by atoms with van der Waals surface area (Å²) >= 11 is 6.43. The predicted octanol–water partition coefficient (Wildman–Crippen LogP) is 8.89. The fourth-order valence-electron chi connectivity index (χ4n) is 3.25. The predicted molar refractivity (Wildman–Crippen MR) is 172 cm³/mol. The Morgan fingerprint density at radius 2 is 1.32 bits per heavy atom. The highest BCUT2D eigenvalue weighted by Crippen LogP contribution is 2.36. The molecule has 3 N–H and O–H groups in total. The summed E-state index contributed by atoms with van der Waals surface area (Å²) in [5.74, 6) is -0.227. The highest BCUT2D eigenvalue weighted by molar-refractivity contribution is 6.33. The van der Waals surface area contributed by atoms with Crippen LogP contribution >= 0.6 is 11.6 Å². The lowest BCUT2D eigenvalue weighted by molar-refractivity contribution is -0.129. The smallest absolute Gasteiger partial charge is 0.254 e. The van der Waals surface area contributed by atoms with Crippen molar-refractivity contribution in [1.29, 1.82) is 0 Å². The number of nitrogens with one attached hydrogen (secondary N) is 2. The van der Waals surface area contributed by atoms with E-state index < -0.39 is 0 Å². The van der Waals surface area contributed by atoms with Crippen molar-refractivity contribution in [2.24, 2.45) is 0 Å². The highest BCUT2D eigenvalue weighted by atomic mass is 35.5. The zero-order valence-electron chi connectivity index (χ0n) is 26.1. The topological polar surface area (TPSA) is 107 Å². The van der Waals surface area contributed by atoms with Crippen LogP contribution in [0.4, 0.5) is 17.3 Å². The first-order valence-electron chi connectivity index (χ1n) is 14.7. The van der Waals surface area contributed by atoms with Crippen LogP contribution in [0.3, 0.4) is 0 Å². The number of nitrogens with zero attached hydrogens (tertiary/aromatic N) is 3. The van der Waals surface area contributed by atoms with E-state index in [0.29, 0.717) is 35.9 Å². The lowest BCUT2D eigenvalue weighted by Crippen LogP contribution is -2.25. The minimum atomic E-state index is -0.382. The van der Waals surface area contributed by atoms with E-state index in [4.69, 9.17) is 16.8 Å². The summed E-state index contributed by atoms with van der Waals surface area (Å²) in [6.07, 6.45) is 6.49. The Kier molecular flexibility index (Phi) is 25.8. The number of hydroxylamine groups is 1. The Labute approximate surface area is 252 Å². The molecule has 8 nitrogen and oxygen atoms in total. The van der Waals surface area contributed by atoms with Crippen molar-refractivity contribution in [3.63, 3.8) is 0 Å². The zero-order chi connectivity index (χ0) is 31.5. The molecule has 0 saturated carbocycles. The van der Waals surface area contributed by atoms with Crippen LogP contribution < -0.4 is 15.7 Å². The highest BCUT2D eigenvalue weighted by Gasteiger charge is 2.18. The molecule has 0 spiro atoms. The van der Waals surface area contributed by atoms with Gasteiger partial charge in [-0.3, -0.25) is 19.7 Å². The fourth-order valence-corrected chi connectivity index (χ4v) is 3.47. The maximum absolute atomic E-state index is 12.4. The van der Waals surface area contributed by atoms with Crippen molar-refractivity contribution >= 4 is 40.7 Å². The van der Waals surface area contributed by atoms with Crippen LogP contribution in [0, 0.1) is 0 Å². The van der Waals surface area contributed by atoms with Crippen molar-refractivity contribution in [2.75, 3.05) is 11.4 Å². The van der Waals surface area contributed by atoms with Gasteiger partial charge < -0.3 is 5.32 Å². The van der Waals surface area contributed by atoms with Crippen molar-refractivity contribution < 1.29 is 14.8 Å². The lowest BCUT2D eigenvalue weighted by Gasteiger charge is -2.23. The van der Waals surface area contributed by atoms with Crippen LogP contribution in [0.5, 0.6) is 0 Å². The molecule has 41 heavy (non-hydrogen) atoms. The number of anilines is 3. The van der Waals surface area contributed by atoms with Crippen LogP contribution in [0.2, 0.25) is 5.02 Å². The van der Waals surface area contributed by atoms with Crippen LogP contribution in [0.15, 0.2) is 67.0 Å². The fraction of sp³-hybridized carbons (Fsp3) is 0.438. The van der Waals surface area contributed by atoms with Gasteiger partial charge in [-0.15, -0.1) is 0 Å². The molecule has 9 heteroatoms. The number of amides is 2. The maximum Gasteiger partial charge on any atom is 0.254 e. The molecule has 0 unspecified atom stereocenters. The molecule has 2 aromatic carbocycles. The molecule has 0 radical (unpaired) electrons. The van der Waals surface area contributed by atoms with E-state index in [0.717, 1.165) is 30.6 Å². The molecule has 1 heterocycles. The number of halogens is 1. The van der Waals surface area contributed by atoms with Gasteiger partial charge in [0, 0.05) is 31.0 Å². The first-order chi connectivity index (χ1) is 20.1. The van der Waals surface area contributed by atoms with Crippen molar-refractivity contribution in [1.82, 2.24) is 20.8 Å². The van der Waals surface area contributed by atoms with Gasteiger partial charge in [0.2, 0.25) is 11.9 Å². The average molecular weight is 588 g/mol. The van der Waals surface area contributed by atoms with Gasteiger partial charge in [-0.05, 0) is 37.1 Å². The summed E-state index contributed by atoms with van der Waals surface area (Å²) in [5.41, 5.74) is 3.56. The average Bonchev–Trinajstić information content (AvgIpc) is 3.06. The Morgan fingerprint density at radius 3 is 1.88 bits per heavy atom. The van der Waals surface area contributed by atoms with Gasteiger partial charge in [-0.2, -0.15) is 0 Å².